The lowest BCUT2D eigenvalue weighted by Crippen LogP contribution is -2.05. The van der Waals surface area contributed by atoms with Crippen molar-refractivity contribution in [3.63, 3.8) is 0 Å². The van der Waals surface area contributed by atoms with Crippen LogP contribution in [0.25, 0.3) is 0 Å². The molecule has 2 N–H and O–H groups in total. The maximum absolute atomic E-state index is 11.0. The van der Waals surface area contributed by atoms with Crippen LogP contribution in [0.5, 0.6) is 0 Å². The van der Waals surface area contributed by atoms with E-state index in [4.69, 9.17) is 10.2 Å². The topological polar surface area (TPSA) is 110 Å². The van der Waals surface area contributed by atoms with Crippen LogP contribution in [-0.4, -0.2) is 42.3 Å². The van der Waals surface area contributed by atoms with Crippen molar-refractivity contribution in [2.75, 3.05) is 14.2 Å². The molecule has 0 saturated heterocycles. The number of carboxylic acids is 2. The van der Waals surface area contributed by atoms with Gasteiger partial charge in [-0.3, -0.25) is 0 Å². The first-order chi connectivity index (χ1) is 12.1. The highest BCUT2D eigenvalue weighted by Gasteiger charge is 2.06. The fourth-order valence-corrected chi connectivity index (χ4v) is 1.15. The Labute approximate surface area is 152 Å². The zero-order valence-corrected chi connectivity index (χ0v) is 15.2. The van der Waals surface area contributed by atoms with Crippen molar-refractivity contribution >= 4 is 17.9 Å². The summed E-state index contributed by atoms with van der Waals surface area (Å²) in [6, 6.07) is 9.70. The molecule has 0 aliphatic heterocycles. The molecule has 26 heavy (non-hydrogen) atoms. The number of carbonyl (C=O) groups excluding carboxylic acids is 1. The maximum atomic E-state index is 11.0. The zero-order valence-electron chi connectivity index (χ0n) is 15.2. The lowest BCUT2D eigenvalue weighted by molar-refractivity contribution is -0.137. The number of carboxylic acid groups (broad SMARTS) is 2. The summed E-state index contributed by atoms with van der Waals surface area (Å²) in [6.45, 7) is 11.3. The number of rotatable bonds is 6. The Bertz CT molecular complexity index is 633. The van der Waals surface area contributed by atoms with Crippen molar-refractivity contribution in [1.82, 2.24) is 0 Å². The minimum Gasteiger partial charge on any atom is -0.490 e. The molecule has 7 nitrogen and oxygen atoms in total. The summed E-state index contributed by atoms with van der Waals surface area (Å²) in [5.74, 6) is -2.64. The molecule has 0 aliphatic rings. The van der Waals surface area contributed by atoms with Gasteiger partial charge in [-0.05, 0) is 19.1 Å². The van der Waals surface area contributed by atoms with E-state index < -0.39 is 11.9 Å². The summed E-state index contributed by atoms with van der Waals surface area (Å²) in [4.78, 5) is 30.3. The van der Waals surface area contributed by atoms with Gasteiger partial charge in [0, 0.05) is 17.6 Å². The summed E-state index contributed by atoms with van der Waals surface area (Å²) in [6.07, 6.45) is 0.549. The Hall–Kier alpha value is -3.35. The van der Waals surface area contributed by atoms with Gasteiger partial charge in [-0.25, -0.2) is 14.4 Å². The van der Waals surface area contributed by atoms with E-state index in [1.54, 1.807) is 0 Å². The van der Waals surface area contributed by atoms with E-state index >= 15 is 0 Å². The van der Waals surface area contributed by atoms with Crippen LogP contribution in [0.2, 0.25) is 0 Å². The molecular weight excluding hydrogens is 340 g/mol. The Morgan fingerprint density at radius 3 is 1.65 bits per heavy atom. The molecule has 0 heterocycles. The summed E-state index contributed by atoms with van der Waals surface area (Å²) < 4.78 is 8.76. The lowest BCUT2D eigenvalue weighted by Gasteiger charge is -2.02. The first kappa shape index (κ1) is 24.9. The molecule has 7 heteroatoms. The van der Waals surface area contributed by atoms with E-state index in [1.807, 2.05) is 30.3 Å². The number of ether oxygens (including phenoxy) is 2. The average Bonchev–Trinajstić information content (AvgIpc) is 2.61. The third kappa shape index (κ3) is 13.1. The summed E-state index contributed by atoms with van der Waals surface area (Å²) in [7, 11) is 2.62. The van der Waals surface area contributed by atoms with Gasteiger partial charge in [0.05, 0.1) is 14.2 Å². The van der Waals surface area contributed by atoms with Crippen molar-refractivity contribution in [3.05, 3.63) is 72.5 Å². The van der Waals surface area contributed by atoms with Crippen molar-refractivity contribution in [1.29, 1.82) is 0 Å². The number of hydrogen-bond donors (Lipinski definition) is 2. The minimum absolute atomic E-state index is 0.176. The Kier molecular flexibility index (Phi) is 13.4. The Morgan fingerprint density at radius 2 is 1.38 bits per heavy atom. The van der Waals surface area contributed by atoms with Gasteiger partial charge in [0.2, 0.25) is 0 Å². The molecule has 142 valence electrons. The van der Waals surface area contributed by atoms with Crippen molar-refractivity contribution in [2.45, 2.75) is 13.3 Å². The van der Waals surface area contributed by atoms with Gasteiger partial charge in [0.1, 0.15) is 0 Å². The van der Waals surface area contributed by atoms with E-state index in [-0.39, 0.29) is 17.3 Å². The van der Waals surface area contributed by atoms with Gasteiger partial charge >= 0.3 is 17.9 Å². The molecule has 0 aliphatic carbocycles. The molecule has 0 unspecified atom stereocenters. The van der Waals surface area contributed by atoms with Gasteiger partial charge in [0.25, 0.3) is 0 Å². The van der Waals surface area contributed by atoms with E-state index in [0.717, 1.165) is 5.56 Å². The Morgan fingerprint density at radius 1 is 0.923 bits per heavy atom. The third-order valence-electron chi connectivity index (χ3n) is 2.58. The highest BCUT2D eigenvalue weighted by Crippen LogP contribution is 2.06. The monoisotopic (exact) mass is 364 g/mol. The van der Waals surface area contributed by atoms with Gasteiger partial charge in [-0.15, -0.1) is 0 Å². The molecule has 0 saturated carbocycles. The number of hydrogen-bond acceptors (Lipinski definition) is 5. The molecule has 0 fully saturated rings. The van der Waals surface area contributed by atoms with E-state index in [9.17, 15) is 14.4 Å². The second kappa shape index (κ2) is 14.0. The predicted octanol–water partition coefficient (Wildman–Crippen LogP) is 2.84. The molecule has 0 aromatic heterocycles. The average molecular weight is 364 g/mol. The first-order valence-corrected chi connectivity index (χ1v) is 7.21. The first-order valence-electron chi connectivity index (χ1n) is 7.21. The summed E-state index contributed by atoms with van der Waals surface area (Å²) in [5, 5.41) is 15.8. The molecule has 1 aromatic carbocycles. The Balaban J connectivity index is 0. The van der Waals surface area contributed by atoms with Gasteiger partial charge in [0.15, 0.2) is 5.76 Å². The highest BCUT2D eigenvalue weighted by atomic mass is 16.5. The van der Waals surface area contributed by atoms with Crippen molar-refractivity contribution < 1.29 is 34.1 Å². The number of aliphatic carboxylic acids is 2. The molecule has 0 amide bonds. The fraction of sp³-hybridized carbons (Fsp3) is 0.211. The van der Waals surface area contributed by atoms with Crippen LogP contribution in [0.3, 0.4) is 0 Å². The highest BCUT2D eigenvalue weighted by molar-refractivity contribution is 5.88. The quantitative estimate of drug-likeness (QED) is 0.454. The second-order valence-corrected chi connectivity index (χ2v) is 4.78. The number of methoxy groups -OCH3 is 2. The van der Waals surface area contributed by atoms with Gasteiger partial charge < -0.3 is 19.7 Å². The van der Waals surface area contributed by atoms with Crippen LogP contribution in [0.1, 0.15) is 12.5 Å². The maximum Gasteiger partial charge on any atom is 0.370 e. The SMILES string of the molecule is C=C(C)C(=O)O.C=C(Cc1ccccc1)C(=O)OC.C=C(OC)C(=O)O. The standard InChI is InChI=1S/C11H12O2.C4H6O3.C4H6O2/c1-9(11(12)13-2)8-10-6-4-3-5-7-10;1-3(7-2)4(5)6;1-3(2)4(5)6/h3-7H,1,8H2,2H3;1H2,2H3,(H,5,6);1H2,2H3,(H,5,6). The van der Waals surface area contributed by atoms with Gasteiger partial charge in [-0.1, -0.05) is 43.5 Å². The zero-order chi connectivity index (χ0) is 20.7. The van der Waals surface area contributed by atoms with Crippen molar-refractivity contribution in [2.24, 2.45) is 0 Å². The predicted molar refractivity (Wildman–Crippen MR) is 97.5 cm³/mol. The molecule has 0 spiro atoms. The molecule has 0 atom stereocenters. The van der Waals surface area contributed by atoms with Crippen LogP contribution in [0.4, 0.5) is 0 Å². The summed E-state index contributed by atoms with van der Waals surface area (Å²) in [5.41, 5.74) is 1.72. The molecule has 0 bridgehead atoms. The number of esters is 1. The third-order valence-corrected chi connectivity index (χ3v) is 2.58. The minimum atomic E-state index is -1.12. The second-order valence-electron chi connectivity index (χ2n) is 4.78. The smallest absolute Gasteiger partial charge is 0.370 e. The van der Waals surface area contributed by atoms with E-state index in [0.29, 0.717) is 12.0 Å². The lowest BCUT2D eigenvalue weighted by atomic mass is 10.1. The van der Waals surface area contributed by atoms with E-state index in [2.05, 4.69) is 29.2 Å². The fourth-order valence-electron chi connectivity index (χ4n) is 1.15. The van der Waals surface area contributed by atoms with Crippen LogP contribution in [0.15, 0.2) is 67.0 Å². The van der Waals surface area contributed by atoms with E-state index in [1.165, 1.54) is 21.1 Å². The molecular formula is C19H24O7. The summed E-state index contributed by atoms with van der Waals surface area (Å²) >= 11 is 0. The van der Waals surface area contributed by atoms with Crippen LogP contribution < -0.4 is 0 Å². The molecule has 1 aromatic rings. The van der Waals surface area contributed by atoms with Crippen LogP contribution in [0, 0.1) is 0 Å². The van der Waals surface area contributed by atoms with Crippen molar-refractivity contribution in [3.8, 4) is 0 Å². The molecule has 0 radical (unpaired) electrons. The van der Waals surface area contributed by atoms with Crippen LogP contribution in [-0.2, 0) is 30.3 Å². The molecule has 1 rings (SSSR count). The van der Waals surface area contributed by atoms with Gasteiger partial charge in [-0.2, -0.15) is 0 Å². The number of carbonyl (C=O) groups is 3. The normalized spacial score (nSPS) is 8.42. The van der Waals surface area contributed by atoms with Crippen LogP contribution >= 0.6 is 0 Å². The largest absolute Gasteiger partial charge is 0.490 e. The number of benzene rings is 1.